The first-order valence-corrected chi connectivity index (χ1v) is 5.29. The predicted molar refractivity (Wildman–Crippen MR) is 69.1 cm³/mol. The van der Waals surface area contributed by atoms with Crippen LogP contribution in [0.2, 0.25) is 0 Å². The molecule has 18 heavy (non-hydrogen) atoms. The monoisotopic (exact) mass is 245 g/mol. The number of carbonyl (C=O) groups is 1. The summed E-state index contributed by atoms with van der Waals surface area (Å²) in [7, 11) is 0. The van der Waals surface area contributed by atoms with E-state index in [1.807, 2.05) is 0 Å². The second kappa shape index (κ2) is 4.75. The van der Waals surface area contributed by atoms with Crippen molar-refractivity contribution in [1.82, 2.24) is 0 Å². The van der Waals surface area contributed by atoms with Gasteiger partial charge >= 0.3 is 0 Å². The number of benzene rings is 2. The molecular formula is C13H12FN3O. The van der Waals surface area contributed by atoms with Gasteiger partial charge in [0.15, 0.2) is 0 Å². The SMILES string of the molecule is NC(=O)c1cccc(N)c1Nc1cccc(F)c1. The minimum Gasteiger partial charge on any atom is -0.397 e. The molecule has 0 saturated carbocycles. The predicted octanol–water partition coefficient (Wildman–Crippen LogP) is 2.25. The van der Waals surface area contributed by atoms with Crippen molar-refractivity contribution in [2.75, 3.05) is 11.1 Å². The van der Waals surface area contributed by atoms with E-state index < -0.39 is 5.91 Å². The van der Waals surface area contributed by atoms with Crippen molar-refractivity contribution in [2.24, 2.45) is 5.73 Å². The van der Waals surface area contributed by atoms with Crippen LogP contribution in [-0.4, -0.2) is 5.91 Å². The molecule has 0 aliphatic rings. The molecule has 2 aromatic carbocycles. The van der Waals surface area contributed by atoms with E-state index in [0.717, 1.165) is 0 Å². The van der Waals surface area contributed by atoms with Crippen molar-refractivity contribution in [3.63, 3.8) is 0 Å². The fourth-order valence-corrected chi connectivity index (χ4v) is 1.63. The van der Waals surface area contributed by atoms with E-state index in [4.69, 9.17) is 11.5 Å². The van der Waals surface area contributed by atoms with Gasteiger partial charge in [0, 0.05) is 5.69 Å². The number of rotatable bonds is 3. The van der Waals surface area contributed by atoms with Gasteiger partial charge in [0.25, 0.3) is 5.91 Å². The van der Waals surface area contributed by atoms with Crippen molar-refractivity contribution in [3.05, 3.63) is 53.8 Å². The molecule has 0 radical (unpaired) electrons. The van der Waals surface area contributed by atoms with Gasteiger partial charge in [0.1, 0.15) is 5.82 Å². The number of amides is 1. The topological polar surface area (TPSA) is 81.1 Å². The van der Waals surface area contributed by atoms with Crippen LogP contribution in [0.5, 0.6) is 0 Å². The molecule has 0 spiro atoms. The third-order valence-corrected chi connectivity index (χ3v) is 2.46. The summed E-state index contributed by atoms with van der Waals surface area (Å²) in [6.07, 6.45) is 0. The van der Waals surface area contributed by atoms with Gasteiger partial charge in [-0.25, -0.2) is 4.39 Å². The molecule has 0 bridgehead atoms. The number of para-hydroxylation sites is 1. The Hall–Kier alpha value is -2.56. The first kappa shape index (κ1) is 11.9. The number of primary amides is 1. The molecule has 1 amide bonds. The summed E-state index contributed by atoms with van der Waals surface area (Å²) in [5.74, 6) is -0.976. The van der Waals surface area contributed by atoms with Crippen LogP contribution in [0.25, 0.3) is 0 Å². The highest BCUT2D eigenvalue weighted by atomic mass is 19.1. The van der Waals surface area contributed by atoms with Crippen LogP contribution in [0.4, 0.5) is 21.5 Å². The standard InChI is InChI=1S/C13H12FN3O/c14-8-3-1-4-9(7-8)17-12-10(13(16)18)5-2-6-11(12)15/h1-7,17H,15H2,(H2,16,18). The molecule has 0 aliphatic heterocycles. The molecule has 2 aromatic rings. The maximum Gasteiger partial charge on any atom is 0.250 e. The van der Waals surface area contributed by atoms with Crippen molar-refractivity contribution >= 4 is 23.0 Å². The van der Waals surface area contributed by atoms with Crippen LogP contribution in [0.15, 0.2) is 42.5 Å². The zero-order valence-electron chi connectivity index (χ0n) is 9.48. The Balaban J connectivity index is 2.42. The highest BCUT2D eigenvalue weighted by Crippen LogP contribution is 2.27. The molecule has 0 saturated heterocycles. The van der Waals surface area contributed by atoms with Crippen LogP contribution in [0.1, 0.15) is 10.4 Å². The molecule has 5 N–H and O–H groups in total. The van der Waals surface area contributed by atoms with Crippen molar-refractivity contribution in [1.29, 1.82) is 0 Å². The lowest BCUT2D eigenvalue weighted by Gasteiger charge is -2.12. The lowest BCUT2D eigenvalue weighted by molar-refractivity contribution is 0.100. The molecule has 0 fully saturated rings. The summed E-state index contributed by atoms with van der Waals surface area (Å²) in [5, 5.41) is 2.90. The molecule has 5 heteroatoms. The molecule has 92 valence electrons. The van der Waals surface area contributed by atoms with E-state index in [0.29, 0.717) is 17.1 Å². The molecule has 2 rings (SSSR count). The number of halogens is 1. The van der Waals surface area contributed by atoms with E-state index in [1.54, 1.807) is 30.3 Å². The lowest BCUT2D eigenvalue weighted by Crippen LogP contribution is -2.14. The number of anilines is 3. The lowest BCUT2D eigenvalue weighted by atomic mass is 10.1. The highest BCUT2D eigenvalue weighted by Gasteiger charge is 2.11. The highest BCUT2D eigenvalue weighted by molar-refractivity contribution is 6.02. The average Bonchev–Trinajstić information content (AvgIpc) is 2.31. The fourth-order valence-electron chi connectivity index (χ4n) is 1.63. The number of nitrogens with one attached hydrogen (secondary N) is 1. The molecule has 0 aliphatic carbocycles. The van der Waals surface area contributed by atoms with Crippen LogP contribution in [-0.2, 0) is 0 Å². The number of nitrogen functional groups attached to an aromatic ring is 1. The van der Waals surface area contributed by atoms with Gasteiger partial charge in [-0.1, -0.05) is 12.1 Å². The van der Waals surface area contributed by atoms with Gasteiger partial charge in [-0.2, -0.15) is 0 Å². The van der Waals surface area contributed by atoms with Gasteiger partial charge in [0.2, 0.25) is 0 Å². The Morgan fingerprint density at radius 2 is 1.89 bits per heavy atom. The van der Waals surface area contributed by atoms with Crippen LogP contribution in [0.3, 0.4) is 0 Å². The Morgan fingerprint density at radius 3 is 2.56 bits per heavy atom. The van der Waals surface area contributed by atoms with Crippen LogP contribution in [0, 0.1) is 5.82 Å². The summed E-state index contributed by atoms with van der Waals surface area (Å²) in [6, 6.07) is 10.7. The van der Waals surface area contributed by atoms with Crippen molar-refractivity contribution < 1.29 is 9.18 Å². The van der Waals surface area contributed by atoms with Crippen LogP contribution >= 0.6 is 0 Å². The smallest absolute Gasteiger partial charge is 0.250 e. The zero-order chi connectivity index (χ0) is 13.1. The van der Waals surface area contributed by atoms with Crippen molar-refractivity contribution in [3.8, 4) is 0 Å². The Morgan fingerprint density at radius 1 is 1.17 bits per heavy atom. The fraction of sp³-hybridized carbons (Fsp3) is 0. The summed E-state index contributed by atoms with van der Waals surface area (Å²) >= 11 is 0. The second-order valence-corrected chi connectivity index (χ2v) is 3.77. The molecule has 0 unspecified atom stereocenters. The zero-order valence-corrected chi connectivity index (χ0v) is 9.48. The number of hydrogen-bond donors (Lipinski definition) is 3. The first-order valence-electron chi connectivity index (χ1n) is 5.29. The number of hydrogen-bond acceptors (Lipinski definition) is 3. The van der Waals surface area contributed by atoms with Crippen LogP contribution < -0.4 is 16.8 Å². The Kier molecular flexibility index (Phi) is 3.14. The second-order valence-electron chi connectivity index (χ2n) is 3.77. The summed E-state index contributed by atoms with van der Waals surface area (Å²) in [5.41, 5.74) is 12.6. The van der Waals surface area contributed by atoms with E-state index in [2.05, 4.69) is 5.32 Å². The van der Waals surface area contributed by atoms with Crippen molar-refractivity contribution in [2.45, 2.75) is 0 Å². The van der Waals surface area contributed by atoms with E-state index in [-0.39, 0.29) is 11.4 Å². The minimum absolute atomic E-state index is 0.263. The maximum absolute atomic E-state index is 13.1. The molecule has 0 aromatic heterocycles. The normalized spacial score (nSPS) is 10.1. The Bertz CT molecular complexity index is 599. The van der Waals surface area contributed by atoms with Gasteiger partial charge in [0.05, 0.1) is 16.9 Å². The van der Waals surface area contributed by atoms with E-state index >= 15 is 0 Å². The third-order valence-electron chi connectivity index (χ3n) is 2.46. The number of nitrogens with two attached hydrogens (primary N) is 2. The summed E-state index contributed by atoms with van der Waals surface area (Å²) < 4.78 is 13.1. The summed E-state index contributed by atoms with van der Waals surface area (Å²) in [6.45, 7) is 0. The molecule has 0 heterocycles. The Labute approximate surface area is 103 Å². The number of carbonyl (C=O) groups excluding carboxylic acids is 1. The van der Waals surface area contributed by atoms with Gasteiger partial charge in [-0.3, -0.25) is 4.79 Å². The largest absolute Gasteiger partial charge is 0.397 e. The van der Waals surface area contributed by atoms with Gasteiger partial charge in [-0.05, 0) is 30.3 Å². The molecule has 4 nitrogen and oxygen atoms in total. The molecular weight excluding hydrogens is 233 g/mol. The maximum atomic E-state index is 13.1. The van der Waals surface area contributed by atoms with E-state index in [1.165, 1.54) is 12.1 Å². The molecule has 0 atom stereocenters. The minimum atomic E-state index is -0.596. The van der Waals surface area contributed by atoms with Gasteiger partial charge < -0.3 is 16.8 Å². The summed E-state index contributed by atoms with van der Waals surface area (Å²) in [4.78, 5) is 11.3. The first-order chi connectivity index (χ1) is 8.58. The third kappa shape index (κ3) is 2.40. The van der Waals surface area contributed by atoms with E-state index in [9.17, 15) is 9.18 Å². The van der Waals surface area contributed by atoms with Gasteiger partial charge in [-0.15, -0.1) is 0 Å². The average molecular weight is 245 g/mol. The quantitative estimate of drug-likeness (QED) is 0.725.